The summed E-state index contributed by atoms with van der Waals surface area (Å²) < 4.78 is 21.0. The van der Waals surface area contributed by atoms with Crippen LogP contribution in [0.2, 0.25) is 0 Å². The normalized spacial score (nSPS) is 12.4. The fraction of sp³-hybridized carbons (Fsp3) is 0.308. The molecular formula is C13H16FN3O. The molecule has 0 saturated carbocycles. The number of nitrogens with zero attached hydrogens (tertiary/aromatic N) is 2. The summed E-state index contributed by atoms with van der Waals surface area (Å²) in [5, 5.41) is 4.07. The molecular weight excluding hydrogens is 233 g/mol. The molecule has 18 heavy (non-hydrogen) atoms. The summed E-state index contributed by atoms with van der Waals surface area (Å²) in [6.07, 6.45) is 3.28. The molecule has 96 valence electrons. The van der Waals surface area contributed by atoms with E-state index in [0.29, 0.717) is 11.3 Å². The Hall–Kier alpha value is -1.88. The standard InChI is InChI=1S/C13H16FN3O/c1-3-17-8-10(7-16-17)18-13-11(9(2)15)5-4-6-12(13)14/h4-9H,3,15H2,1-2H3/t9-/m0/s1. The number of hydrogen-bond acceptors (Lipinski definition) is 3. The van der Waals surface area contributed by atoms with Crippen molar-refractivity contribution in [3.05, 3.63) is 42.0 Å². The lowest BCUT2D eigenvalue weighted by Gasteiger charge is -2.13. The zero-order valence-corrected chi connectivity index (χ0v) is 10.4. The summed E-state index contributed by atoms with van der Waals surface area (Å²) in [5.41, 5.74) is 6.44. The van der Waals surface area contributed by atoms with Gasteiger partial charge in [-0.25, -0.2) is 4.39 Å². The average molecular weight is 249 g/mol. The maximum Gasteiger partial charge on any atom is 0.167 e. The lowest BCUT2D eigenvalue weighted by atomic mass is 10.1. The number of rotatable bonds is 4. The Balaban J connectivity index is 2.33. The second-order valence-corrected chi connectivity index (χ2v) is 4.08. The van der Waals surface area contributed by atoms with Crippen molar-refractivity contribution in [2.45, 2.75) is 26.4 Å². The van der Waals surface area contributed by atoms with Crippen LogP contribution in [0.25, 0.3) is 0 Å². The number of nitrogens with two attached hydrogens (primary N) is 1. The highest BCUT2D eigenvalue weighted by atomic mass is 19.1. The van der Waals surface area contributed by atoms with Gasteiger partial charge in [0, 0.05) is 18.2 Å². The molecule has 0 aliphatic carbocycles. The van der Waals surface area contributed by atoms with Gasteiger partial charge in [0.15, 0.2) is 17.3 Å². The first-order valence-electron chi connectivity index (χ1n) is 5.86. The van der Waals surface area contributed by atoms with Crippen LogP contribution < -0.4 is 10.5 Å². The van der Waals surface area contributed by atoms with Gasteiger partial charge >= 0.3 is 0 Å². The van der Waals surface area contributed by atoms with Gasteiger partial charge in [0.1, 0.15) is 0 Å². The predicted octanol–water partition coefficient (Wildman–Crippen LogP) is 2.85. The molecule has 2 aromatic rings. The number of aryl methyl sites for hydroxylation is 1. The van der Waals surface area contributed by atoms with Crippen LogP contribution in [0.3, 0.4) is 0 Å². The fourth-order valence-electron chi connectivity index (χ4n) is 1.68. The average Bonchev–Trinajstić information content (AvgIpc) is 2.79. The first-order chi connectivity index (χ1) is 8.61. The van der Waals surface area contributed by atoms with Gasteiger partial charge in [0.05, 0.1) is 12.4 Å². The molecule has 1 aromatic carbocycles. The van der Waals surface area contributed by atoms with Gasteiger partial charge in [-0.15, -0.1) is 0 Å². The van der Waals surface area contributed by atoms with Gasteiger partial charge in [-0.2, -0.15) is 5.10 Å². The smallest absolute Gasteiger partial charge is 0.167 e. The lowest BCUT2D eigenvalue weighted by molar-refractivity contribution is 0.432. The van der Waals surface area contributed by atoms with Crippen LogP contribution in [-0.4, -0.2) is 9.78 Å². The largest absolute Gasteiger partial charge is 0.451 e. The summed E-state index contributed by atoms with van der Waals surface area (Å²) in [7, 11) is 0. The molecule has 5 heteroatoms. The number of para-hydroxylation sites is 1. The summed E-state index contributed by atoms with van der Waals surface area (Å²) in [4.78, 5) is 0. The Bertz CT molecular complexity index is 537. The Kier molecular flexibility index (Phi) is 3.62. The molecule has 1 heterocycles. The van der Waals surface area contributed by atoms with Crippen molar-refractivity contribution in [1.82, 2.24) is 9.78 Å². The van der Waals surface area contributed by atoms with Crippen molar-refractivity contribution in [1.29, 1.82) is 0 Å². The molecule has 1 aromatic heterocycles. The van der Waals surface area contributed by atoms with Crippen molar-refractivity contribution in [2.75, 3.05) is 0 Å². The summed E-state index contributed by atoms with van der Waals surface area (Å²) in [5.74, 6) is 0.251. The van der Waals surface area contributed by atoms with E-state index in [2.05, 4.69) is 5.10 Å². The second kappa shape index (κ2) is 5.18. The molecule has 2 rings (SSSR count). The first kappa shape index (κ1) is 12.6. The number of aromatic nitrogens is 2. The number of halogens is 1. The Labute approximate surface area is 105 Å². The van der Waals surface area contributed by atoms with Crippen LogP contribution in [0.15, 0.2) is 30.6 Å². The third kappa shape index (κ3) is 2.51. The van der Waals surface area contributed by atoms with Crippen LogP contribution in [0.1, 0.15) is 25.5 Å². The summed E-state index contributed by atoms with van der Waals surface area (Å²) in [6, 6.07) is 4.44. The van der Waals surface area contributed by atoms with Gasteiger partial charge < -0.3 is 10.5 Å². The summed E-state index contributed by atoms with van der Waals surface area (Å²) in [6.45, 7) is 4.49. The second-order valence-electron chi connectivity index (χ2n) is 4.08. The molecule has 0 fully saturated rings. The molecule has 2 N–H and O–H groups in total. The van der Waals surface area contributed by atoms with E-state index in [4.69, 9.17) is 10.5 Å². The van der Waals surface area contributed by atoms with Crippen LogP contribution in [0, 0.1) is 5.82 Å². The number of benzene rings is 1. The quantitative estimate of drug-likeness (QED) is 0.906. The van der Waals surface area contributed by atoms with Crippen molar-refractivity contribution in [3.8, 4) is 11.5 Å². The molecule has 0 aliphatic rings. The molecule has 0 amide bonds. The monoisotopic (exact) mass is 249 g/mol. The van der Waals surface area contributed by atoms with Crippen molar-refractivity contribution in [3.63, 3.8) is 0 Å². The Morgan fingerprint density at radius 2 is 2.28 bits per heavy atom. The molecule has 0 aliphatic heterocycles. The van der Waals surface area contributed by atoms with E-state index in [1.807, 2.05) is 6.92 Å². The van der Waals surface area contributed by atoms with E-state index in [1.165, 1.54) is 6.07 Å². The van der Waals surface area contributed by atoms with E-state index in [1.54, 1.807) is 36.1 Å². The van der Waals surface area contributed by atoms with Crippen molar-refractivity contribution in [2.24, 2.45) is 5.73 Å². The Morgan fingerprint density at radius 3 is 2.89 bits per heavy atom. The predicted molar refractivity (Wildman–Crippen MR) is 67.0 cm³/mol. The maximum atomic E-state index is 13.8. The van der Waals surface area contributed by atoms with Crippen molar-refractivity contribution >= 4 is 0 Å². The zero-order chi connectivity index (χ0) is 13.1. The Morgan fingerprint density at radius 1 is 1.50 bits per heavy atom. The molecule has 0 bridgehead atoms. The molecule has 0 spiro atoms. The minimum Gasteiger partial charge on any atom is -0.451 e. The van der Waals surface area contributed by atoms with Crippen LogP contribution in [0.5, 0.6) is 11.5 Å². The summed E-state index contributed by atoms with van der Waals surface area (Å²) >= 11 is 0. The van der Waals surface area contributed by atoms with E-state index >= 15 is 0 Å². The molecule has 4 nitrogen and oxygen atoms in total. The van der Waals surface area contributed by atoms with Gasteiger partial charge in [-0.3, -0.25) is 4.68 Å². The van der Waals surface area contributed by atoms with Crippen LogP contribution in [0.4, 0.5) is 4.39 Å². The number of hydrogen-bond donors (Lipinski definition) is 1. The number of ether oxygens (including phenoxy) is 1. The van der Waals surface area contributed by atoms with Gasteiger partial charge in [-0.05, 0) is 19.9 Å². The SMILES string of the molecule is CCn1cc(Oc2c(F)cccc2[C@H](C)N)cn1. The minimum atomic E-state index is -0.422. The van der Waals surface area contributed by atoms with Crippen LogP contribution >= 0.6 is 0 Å². The van der Waals surface area contributed by atoms with E-state index < -0.39 is 5.82 Å². The first-order valence-corrected chi connectivity index (χ1v) is 5.86. The topological polar surface area (TPSA) is 53.1 Å². The van der Waals surface area contributed by atoms with Gasteiger partial charge in [0.25, 0.3) is 0 Å². The molecule has 0 unspecified atom stereocenters. The van der Waals surface area contributed by atoms with E-state index in [9.17, 15) is 4.39 Å². The van der Waals surface area contributed by atoms with Crippen molar-refractivity contribution < 1.29 is 9.13 Å². The zero-order valence-electron chi connectivity index (χ0n) is 10.4. The highest BCUT2D eigenvalue weighted by Crippen LogP contribution is 2.31. The lowest BCUT2D eigenvalue weighted by Crippen LogP contribution is -2.07. The highest BCUT2D eigenvalue weighted by Gasteiger charge is 2.14. The third-order valence-electron chi connectivity index (χ3n) is 2.64. The molecule has 0 radical (unpaired) electrons. The fourth-order valence-corrected chi connectivity index (χ4v) is 1.68. The molecule has 1 atom stereocenters. The van der Waals surface area contributed by atoms with Crippen LogP contribution in [-0.2, 0) is 6.54 Å². The molecule has 0 saturated heterocycles. The van der Waals surface area contributed by atoms with Gasteiger partial charge in [0.2, 0.25) is 0 Å². The third-order valence-corrected chi connectivity index (χ3v) is 2.64. The van der Waals surface area contributed by atoms with Gasteiger partial charge in [-0.1, -0.05) is 12.1 Å². The highest BCUT2D eigenvalue weighted by molar-refractivity contribution is 5.39. The van der Waals surface area contributed by atoms with E-state index in [0.717, 1.165) is 6.54 Å². The maximum absolute atomic E-state index is 13.8. The minimum absolute atomic E-state index is 0.170. The van der Waals surface area contributed by atoms with E-state index in [-0.39, 0.29) is 11.8 Å².